The topological polar surface area (TPSA) is 29.3 Å². The minimum atomic E-state index is -0.561. The van der Waals surface area contributed by atoms with E-state index in [9.17, 15) is 8.78 Å². The molecule has 0 unspecified atom stereocenters. The van der Waals surface area contributed by atoms with Crippen LogP contribution < -0.4 is 5.32 Å². The van der Waals surface area contributed by atoms with Crippen LogP contribution in [0.4, 0.5) is 8.78 Å². The van der Waals surface area contributed by atoms with Gasteiger partial charge in [-0.1, -0.05) is 12.1 Å². The van der Waals surface area contributed by atoms with Crippen LogP contribution in [0.5, 0.6) is 0 Å². The molecular weight excluding hydrogens is 260 g/mol. The smallest absolute Gasteiger partial charge is 0.130 e. The van der Waals surface area contributed by atoms with Crippen LogP contribution in [-0.4, -0.2) is 9.61 Å². The van der Waals surface area contributed by atoms with Crippen LogP contribution in [0.1, 0.15) is 11.1 Å². The maximum Gasteiger partial charge on any atom is 0.130 e. The van der Waals surface area contributed by atoms with E-state index in [0.717, 1.165) is 17.1 Å². The maximum absolute atomic E-state index is 13.5. The van der Waals surface area contributed by atoms with Gasteiger partial charge in [0.25, 0.3) is 0 Å². The molecule has 0 spiro atoms. The second-order valence-electron chi connectivity index (χ2n) is 4.54. The van der Waals surface area contributed by atoms with E-state index in [1.54, 1.807) is 10.7 Å². The summed E-state index contributed by atoms with van der Waals surface area (Å²) in [6.07, 6.45) is 3.65. The Morgan fingerprint density at radius 2 is 1.90 bits per heavy atom. The van der Waals surface area contributed by atoms with Crippen molar-refractivity contribution in [3.63, 3.8) is 0 Å². The first-order valence-corrected chi connectivity index (χ1v) is 6.30. The molecule has 0 saturated heterocycles. The molecule has 3 nitrogen and oxygen atoms in total. The van der Waals surface area contributed by atoms with Crippen molar-refractivity contribution in [1.29, 1.82) is 0 Å². The molecule has 0 amide bonds. The molecule has 3 rings (SSSR count). The average Bonchev–Trinajstić information content (AvgIpc) is 2.85. The Kier molecular flexibility index (Phi) is 3.43. The molecule has 1 N–H and O–H groups in total. The minimum Gasteiger partial charge on any atom is -0.308 e. The lowest BCUT2D eigenvalue weighted by atomic mass is 10.2. The van der Waals surface area contributed by atoms with Crippen LogP contribution in [0.3, 0.4) is 0 Å². The van der Waals surface area contributed by atoms with Crippen molar-refractivity contribution in [3.8, 4) is 0 Å². The Balaban J connectivity index is 1.68. The van der Waals surface area contributed by atoms with Gasteiger partial charge >= 0.3 is 0 Å². The van der Waals surface area contributed by atoms with Crippen LogP contribution in [-0.2, 0) is 13.1 Å². The molecule has 3 aromatic rings. The van der Waals surface area contributed by atoms with E-state index < -0.39 is 11.6 Å². The Morgan fingerprint density at radius 1 is 1.05 bits per heavy atom. The highest BCUT2D eigenvalue weighted by molar-refractivity contribution is 5.53. The SMILES string of the molecule is Fc1ccc(CNCc2cnn3ccccc23)c(F)c1. The van der Waals surface area contributed by atoms with E-state index >= 15 is 0 Å². The van der Waals surface area contributed by atoms with Crippen molar-refractivity contribution < 1.29 is 8.78 Å². The lowest BCUT2D eigenvalue weighted by Crippen LogP contribution is -2.13. The normalized spacial score (nSPS) is 11.1. The van der Waals surface area contributed by atoms with Gasteiger partial charge in [0, 0.05) is 36.5 Å². The molecule has 5 heteroatoms. The fourth-order valence-corrected chi connectivity index (χ4v) is 2.12. The van der Waals surface area contributed by atoms with Crippen LogP contribution >= 0.6 is 0 Å². The predicted molar refractivity (Wildman–Crippen MR) is 72.1 cm³/mol. The van der Waals surface area contributed by atoms with Gasteiger partial charge in [0.1, 0.15) is 11.6 Å². The number of hydrogen-bond acceptors (Lipinski definition) is 2. The molecule has 2 aromatic heterocycles. The van der Waals surface area contributed by atoms with Gasteiger partial charge in [0.2, 0.25) is 0 Å². The van der Waals surface area contributed by atoms with Gasteiger partial charge in [-0.2, -0.15) is 5.10 Å². The molecule has 0 bridgehead atoms. The number of pyridine rings is 1. The molecule has 0 aliphatic rings. The number of halogens is 2. The summed E-state index contributed by atoms with van der Waals surface area (Å²) in [5, 5.41) is 7.37. The first kappa shape index (κ1) is 12.7. The van der Waals surface area contributed by atoms with Gasteiger partial charge in [0.05, 0.1) is 11.7 Å². The van der Waals surface area contributed by atoms with Crippen molar-refractivity contribution in [1.82, 2.24) is 14.9 Å². The van der Waals surface area contributed by atoms with Gasteiger partial charge in [-0.15, -0.1) is 0 Å². The first-order chi connectivity index (χ1) is 9.74. The highest BCUT2D eigenvalue weighted by Crippen LogP contribution is 2.11. The highest BCUT2D eigenvalue weighted by atomic mass is 19.1. The Labute approximate surface area is 114 Å². The van der Waals surface area contributed by atoms with Crippen molar-refractivity contribution >= 4 is 5.52 Å². The summed E-state index contributed by atoms with van der Waals surface area (Å²) in [7, 11) is 0. The molecule has 0 aliphatic carbocycles. The van der Waals surface area contributed by atoms with Crippen molar-refractivity contribution in [2.24, 2.45) is 0 Å². The number of aromatic nitrogens is 2. The summed E-state index contributed by atoms with van der Waals surface area (Å²) in [5.74, 6) is -1.09. The third kappa shape index (κ3) is 2.53. The third-order valence-electron chi connectivity index (χ3n) is 3.15. The standard InChI is InChI=1S/C15H13F2N3/c16-13-5-4-11(14(17)7-13)8-18-9-12-10-19-20-6-2-1-3-15(12)20/h1-7,10,18H,8-9H2. The zero-order valence-electron chi connectivity index (χ0n) is 10.7. The summed E-state index contributed by atoms with van der Waals surface area (Å²) >= 11 is 0. The van der Waals surface area contributed by atoms with Gasteiger partial charge < -0.3 is 5.32 Å². The average molecular weight is 273 g/mol. The van der Waals surface area contributed by atoms with Crippen LogP contribution in [0, 0.1) is 11.6 Å². The quantitative estimate of drug-likeness (QED) is 0.792. The fourth-order valence-electron chi connectivity index (χ4n) is 2.12. The number of fused-ring (bicyclic) bond motifs is 1. The van der Waals surface area contributed by atoms with Crippen molar-refractivity contribution in [2.45, 2.75) is 13.1 Å². The highest BCUT2D eigenvalue weighted by Gasteiger charge is 2.05. The van der Waals surface area contributed by atoms with E-state index in [2.05, 4.69) is 10.4 Å². The van der Waals surface area contributed by atoms with Crippen LogP contribution in [0.15, 0.2) is 48.8 Å². The summed E-state index contributed by atoms with van der Waals surface area (Å²) < 4.78 is 28.1. The fraction of sp³-hybridized carbons (Fsp3) is 0.133. The Bertz CT molecular complexity index is 737. The number of benzene rings is 1. The lowest BCUT2D eigenvalue weighted by molar-refractivity contribution is 0.560. The lowest BCUT2D eigenvalue weighted by Gasteiger charge is -2.05. The summed E-state index contributed by atoms with van der Waals surface area (Å²) in [6.45, 7) is 0.917. The predicted octanol–water partition coefficient (Wildman–Crippen LogP) is 2.90. The molecule has 20 heavy (non-hydrogen) atoms. The second-order valence-corrected chi connectivity index (χ2v) is 4.54. The van der Waals surface area contributed by atoms with Crippen molar-refractivity contribution in [3.05, 3.63) is 71.6 Å². The summed E-state index contributed by atoms with van der Waals surface area (Å²) in [4.78, 5) is 0. The molecule has 1 aromatic carbocycles. The van der Waals surface area contributed by atoms with Gasteiger partial charge in [-0.05, 0) is 18.2 Å². The number of nitrogens with one attached hydrogen (secondary N) is 1. The largest absolute Gasteiger partial charge is 0.308 e. The molecule has 0 atom stereocenters. The van der Waals surface area contributed by atoms with Crippen LogP contribution in [0.25, 0.3) is 5.52 Å². The third-order valence-corrected chi connectivity index (χ3v) is 3.15. The minimum absolute atomic E-state index is 0.344. The number of hydrogen-bond donors (Lipinski definition) is 1. The molecule has 0 radical (unpaired) electrons. The molecular formula is C15H13F2N3. The number of rotatable bonds is 4. The van der Waals surface area contributed by atoms with Gasteiger partial charge in [-0.25, -0.2) is 13.3 Å². The van der Waals surface area contributed by atoms with E-state index in [1.807, 2.05) is 24.4 Å². The molecule has 102 valence electrons. The van der Waals surface area contributed by atoms with Gasteiger partial charge in [-0.3, -0.25) is 0 Å². The monoisotopic (exact) mass is 273 g/mol. The van der Waals surface area contributed by atoms with Crippen LogP contribution in [0.2, 0.25) is 0 Å². The molecule has 0 saturated carbocycles. The Morgan fingerprint density at radius 3 is 2.75 bits per heavy atom. The maximum atomic E-state index is 13.5. The molecule has 0 fully saturated rings. The van der Waals surface area contributed by atoms with Gasteiger partial charge in [0.15, 0.2) is 0 Å². The summed E-state index contributed by atoms with van der Waals surface area (Å²) in [6, 6.07) is 9.43. The zero-order chi connectivity index (χ0) is 13.9. The zero-order valence-corrected chi connectivity index (χ0v) is 10.7. The Hall–Kier alpha value is -2.27. The molecule has 2 heterocycles. The van der Waals surface area contributed by atoms with Crippen molar-refractivity contribution in [2.75, 3.05) is 0 Å². The first-order valence-electron chi connectivity index (χ1n) is 6.30. The molecule has 0 aliphatic heterocycles. The van der Waals surface area contributed by atoms with E-state index in [1.165, 1.54) is 12.1 Å². The van der Waals surface area contributed by atoms with E-state index in [4.69, 9.17) is 0 Å². The number of nitrogens with zero attached hydrogens (tertiary/aromatic N) is 2. The summed E-state index contributed by atoms with van der Waals surface area (Å²) in [5.41, 5.74) is 2.50. The van der Waals surface area contributed by atoms with E-state index in [0.29, 0.717) is 18.7 Å². The second kappa shape index (κ2) is 5.38. The van der Waals surface area contributed by atoms with E-state index in [-0.39, 0.29) is 0 Å².